The molecule has 0 fully saturated rings. The summed E-state index contributed by atoms with van der Waals surface area (Å²) in [7, 11) is 0. The fourth-order valence-electron chi connectivity index (χ4n) is 5.13. The number of fused-ring (bicyclic) bond motifs is 2. The number of hydrogen-bond donors (Lipinski definition) is 0. The van der Waals surface area contributed by atoms with Crippen LogP contribution in [-0.4, -0.2) is 15.5 Å². The number of aromatic nitrogens is 1. The second-order valence-electron chi connectivity index (χ2n) is 12.2. The summed E-state index contributed by atoms with van der Waals surface area (Å²) < 4.78 is 21.7. The molecule has 0 radical (unpaired) electrons. The summed E-state index contributed by atoms with van der Waals surface area (Å²) in [5.41, 5.74) is 2.64. The van der Waals surface area contributed by atoms with Gasteiger partial charge in [-0.2, -0.15) is 0 Å². The van der Waals surface area contributed by atoms with Crippen LogP contribution in [-0.2, 0) is 16.3 Å². The molecule has 6 nitrogen and oxygen atoms in total. The van der Waals surface area contributed by atoms with Crippen LogP contribution in [0.1, 0.15) is 51.7 Å². The Balaban J connectivity index is 1.31. The highest BCUT2D eigenvalue weighted by Crippen LogP contribution is 2.49. The number of carbonyl (C=O) groups is 1. The monoisotopic (exact) mass is 649 g/mol. The summed E-state index contributed by atoms with van der Waals surface area (Å²) in [5, 5.41) is 1.67. The van der Waals surface area contributed by atoms with Crippen molar-refractivity contribution in [3.63, 3.8) is 0 Å². The molecule has 0 N–H and O–H groups in total. The van der Waals surface area contributed by atoms with Crippen LogP contribution in [0.2, 0.25) is 0 Å². The van der Waals surface area contributed by atoms with Gasteiger partial charge < -0.3 is 14.2 Å². The van der Waals surface area contributed by atoms with Gasteiger partial charge in [0.15, 0.2) is 12.5 Å². The summed E-state index contributed by atoms with van der Waals surface area (Å²) in [6.07, 6.45) is 3.17. The zero-order valence-corrected chi connectivity index (χ0v) is 28.0. The molecule has 46 heavy (non-hydrogen) atoms. The number of ether oxygens (including phenoxy) is 3. The van der Waals surface area contributed by atoms with Crippen molar-refractivity contribution < 1.29 is 19.0 Å². The van der Waals surface area contributed by atoms with Crippen LogP contribution in [0.15, 0.2) is 102 Å². The lowest BCUT2D eigenvalue weighted by Crippen LogP contribution is -2.22. The summed E-state index contributed by atoms with van der Waals surface area (Å²) in [4.78, 5) is 26.0. The molecule has 0 aliphatic heterocycles. The fraction of sp³-hybridized carbons (Fsp3) is 0.211. The van der Waals surface area contributed by atoms with Gasteiger partial charge in [0.25, 0.3) is 5.56 Å². The lowest BCUT2D eigenvalue weighted by molar-refractivity contribution is -0.148. The van der Waals surface area contributed by atoms with Gasteiger partial charge in [0, 0.05) is 16.2 Å². The lowest BCUT2D eigenvalue weighted by atomic mass is 9.96. The number of thiophene rings is 1. The third-order valence-corrected chi connectivity index (χ3v) is 9.47. The molecule has 0 bridgehead atoms. The molecular weight excluding hydrogens is 615 g/mol. The number of hydrogen-bond acceptors (Lipinski definition) is 7. The molecule has 0 spiro atoms. The first-order valence-corrected chi connectivity index (χ1v) is 16.7. The van der Waals surface area contributed by atoms with E-state index in [0.717, 1.165) is 36.5 Å². The van der Waals surface area contributed by atoms with Crippen molar-refractivity contribution in [1.29, 1.82) is 0 Å². The van der Waals surface area contributed by atoms with Gasteiger partial charge in [0.05, 0.1) is 15.0 Å². The predicted molar refractivity (Wildman–Crippen MR) is 189 cm³/mol. The molecule has 0 aliphatic rings. The normalized spacial score (nSPS) is 12.0. The Labute approximate surface area is 276 Å². The van der Waals surface area contributed by atoms with E-state index in [9.17, 15) is 9.59 Å². The summed E-state index contributed by atoms with van der Waals surface area (Å²) in [6, 6.07) is 29.6. The van der Waals surface area contributed by atoms with Gasteiger partial charge in [0.2, 0.25) is 0 Å². The Hall–Kier alpha value is -4.66. The molecule has 0 aliphatic carbocycles. The van der Waals surface area contributed by atoms with Crippen molar-refractivity contribution in [1.82, 2.24) is 3.96 Å². The largest absolute Gasteiger partial charge is 0.472 e. The molecule has 8 heteroatoms. The van der Waals surface area contributed by atoms with E-state index in [-0.39, 0.29) is 18.3 Å². The molecule has 0 unspecified atom stereocenters. The number of rotatable bonds is 9. The first-order chi connectivity index (χ1) is 22.1. The van der Waals surface area contributed by atoms with Crippen LogP contribution in [0.5, 0.6) is 17.2 Å². The second kappa shape index (κ2) is 13.0. The molecule has 0 saturated heterocycles. The van der Waals surface area contributed by atoms with E-state index in [1.165, 1.54) is 23.2 Å². The highest BCUT2D eigenvalue weighted by Gasteiger charge is 2.20. The number of carbonyl (C=O) groups excluding carboxylic acids is 1. The minimum absolute atomic E-state index is 0.0487. The van der Waals surface area contributed by atoms with Crippen LogP contribution in [0.4, 0.5) is 0 Å². The standard InChI is InChI=1S/C38H35NO5S2/c1-24(2)28-10-6-7-11-29(28)36-35(43-26-17-14-25(15-18-26)16-21-34(40)44-38(3,4)5)30-20-19-27(22-33(30)45-36)42-23-39-37(41)31-12-8-9-13-32(31)46-39/h6-22,24H,23H2,1-5H3/b21-16+. The summed E-state index contributed by atoms with van der Waals surface area (Å²) >= 11 is 3.05. The number of benzene rings is 4. The molecule has 6 rings (SSSR count). The number of nitrogens with zero attached hydrogens (tertiary/aromatic N) is 1. The van der Waals surface area contributed by atoms with E-state index in [4.69, 9.17) is 14.2 Å². The summed E-state index contributed by atoms with van der Waals surface area (Å²) in [6.45, 7) is 10.0. The third kappa shape index (κ3) is 6.93. The number of esters is 1. The molecule has 0 amide bonds. The van der Waals surface area contributed by atoms with Gasteiger partial charge in [-0.25, -0.2) is 8.75 Å². The predicted octanol–water partition coefficient (Wildman–Crippen LogP) is 10.3. The minimum Gasteiger partial charge on any atom is -0.472 e. The van der Waals surface area contributed by atoms with E-state index >= 15 is 0 Å². The molecule has 6 aromatic rings. The molecule has 0 saturated carbocycles. The van der Waals surface area contributed by atoms with Crippen molar-refractivity contribution in [3.8, 4) is 27.7 Å². The van der Waals surface area contributed by atoms with Crippen LogP contribution < -0.4 is 15.0 Å². The van der Waals surface area contributed by atoms with Gasteiger partial charge in [-0.15, -0.1) is 11.3 Å². The van der Waals surface area contributed by atoms with Gasteiger partial charge in [-0.3, -0.25) is 4.79 Å². The van der Waals surface area contributed by atoms with Gasteiger partial charge in [-0.1, -0.05) is 73.9 Å². The average molecular weight is 650 g/mol. The van der Waals surface area contributed by atoms with Crippen LogP contribution in [0, 0.1) is 0 Å². The Morgan fingerprint density at radius 1 is 0.870 bits per heavy atom. The quantitative estimate of drug-likeness (QED) is 0.115. The van der Waals surface area contributed by atoms with Crippen molar-refractivity contribution >= 4 is 55.1 Å². The molecular formula is C38H35NO5S2. The van der Waals surface area contributed by atoms with Crippen LogP contribution in [0.25, 0.3) is 36.7 Å². The van der Waals surface area contributed by atoms with Crippen LogP contribution >= 0.6 is 22.9 Å². The maximum Gasteiger partial charge on any atom is 0.331 e. The maximum atomic E-state index is 12.8. The molecule has 2 aromatic heterocycles. The van der Waals surface area contributed by atoms with Gasteiger partial charge in [-0.05, 0) is 91.9 Å². The van der Waals surface area contributed by atoms with Crippen molar-refractivity contribution in [2.75, 3.05) is 0 Å². The van der Waals surface area contributed by atoms with Gasteiger partial charge >= 0.3 is 5.97 Å². The summed E-state index contributed by atoms with van der Waals surface area (Å²) in [5.74, 6) is 2.07. The molecule has 0 atom stereocenters. The van der Waals surface area contributed by atoms with E-state index in [2.05, 4.69) is 38.1 Å². The van der Waals surface area contributed by atoms with Crippen molar-refractivity contribution in [3.05, 3.63) is 119 Å². The first kappa shape index (κ1) is 31.3. The zero-order chi connectivity index (χ0) is 32.4. The van der Waals surface area contributed by atoms with E-state index in [0.29, 0.717) is 22.8 Å². The Bertz CT molecular complexity index is 2110. The average Bonchev–Trinajstić information content (AvgIpc) is 3.55. The second-order valence-corrected chi connectivity index (χ2v) is 14.4. The van der Waals surface area contributed by atoms with Gasteiger partial charge in [0.1, 0.15) is 17.1 Å². The van der Waals surface area contributed by atoms with Crippen molar-refractivity contribution in [2.24, 2.45) is 0 Å². The fourth-order valence-corrected chi connectivity index (χ4v) is 7.25. The molecule has 2 heterocycles. The highest BCUT2D eigenvalue weighted by molar-refractivity contribution is 7.22. The SMILES string of the molecule is CC(C)c1ccccc1-c1sc2cc(OCn3sc4ccccc4c3=O)ccc2c1Oc1ccc(/C=C/C(=O)OC(C)(C)C)cc1. The Morgan fingerprint density at radius 2 is 1.59 bits per heavy atom. The van der Waals surface area contributed by atoms with E-state index < -0.39 is 5.60 Å². The van der Waals surface area contributed by atoms with Crippen LogP contribution in [0.3, 0.4) is 0 Å². The molecule has 4 aromatic carbocycles. The third-order valence-electron chi connectivity index (χ3n) is 7.26. The maximum absolute atomic E-state index is 12.8. The highest BCUT2D eigenvalue weighted by atomic mass is 32.1. The van der Waals surface area contributed by atoms with E-state index in [1.54, 1.807) is 21.4 Å². The molecule has 234 valence electrons. The Kier molecular flexibility index (Phi) is 8.84. The minimum atomic E-state index is -0.542. The van der Waals surface area contributed by atoms with E-state index in [1.807, 2.05) is 87.5 Å². The Morgan fingerprint density at radius 3 is 2.33 bits per heavy atom. The zero-order valence-electron chi connectivity index (χ0n) is 26.4. The lowest BCUT2D eigenvalue weighted by Gasteiger charge is -2.17. The smallest absolute Gasteiger partial charge is 0.331 e. The van der Waals surface area contributed by atoms with Crippen molar-refractivity contribution in [2.45, 2.75) is 52.9 Å². The first-order valence-electron chi connectivity index (χ1n) is 15.1. The topological polar surface area (TPSA) is 66.8 Å².